The van der Waals surface area contributed by atoms with Crippen molar-refractivity contribution in [3.8, 4) is 17.2 Å². The monoisotopic (exact) mass is 311 g/mol. The maximum absolute atomic E-state index is 11.8. The van der Waals surface area contributed by atoms with E-state index in [0.29, 0.717) is 34.7 Å². The lowest BCUT2D eigenvalue weighted by molar-refractivity contribution is -0.134. The van der Waals surface area contributed by atoms with Gasteiger partial charge in [-0.3, -0.25) is 9.59 Å². The first-order chi connectivity index (χ1) is 11.2. The van der Waals surface area contributed by atoms with E-state index in [0.717, 1.165) is 19.3 Å². The summed E-state index contributed by atoms with van der Waals surface area (Å²) in [6.07, 6.45) is 3.29. The number of carbonyl (C=O) groups is 1. The molecule has 2 aliphatic rings. The molecule has 0 aromatic heterocycles. The molecule has 0 N–H and O–H groups in total. The molecule has 1 aromatic carbocycles. The van der Waals surface area contributed by atoms with Crippen LogP contribution in [0.25, 0.3) is 22.6 Å². The number of ether oxygens (including phenoxy) is 1. The number of unbranched alkanes of at least 4 members (excludes halogenated alkanes) is 2. The van der Waals surface area contributed by atoms with Crippen LogP contribution in [-0.4, -0.2) is 11.0 Å². The summed E-state index contributed by atoms with van der Waals surface area (Å²) in [7, 11) is 0. The van der Waals surface area contributed by atoms with Crippen LogP contribution in [0.3, 0.4) is 0 Å². The molecular weight excluding hydrogens is 294 g/mol. The molecule has 5 nitrogen and oxygen atoms in total. The topological polar surface area (TPSA) is 69.4 Å². The number of hydrogen-bond acceptors (Lipinski definition) is 5. The second-order valence-electron chi connectivity index (χ2n) is 5.40. The molecule has 0 radical (unpaired) electrons. The van der Waals surface area contributed by atoms with Crippen molar-refractivity contribution < 1.29 is 13.9 Å². The standard InChI is InChI=1S/C18H17NO4/c1-2-3-4-5-18(21)22-13-7-9-15-17(11-13)23-16-10-12(20)6-8-14(16)19-15/h6-11H,2-5H2,1H3. The second kappa shape index (κ2) is 6.60. The van der Waals surface area contributed by atoms with E-state index in [4.69, 9.17) is 9.15 Å². The Bertz CT molecular complexity index is 868. The van der Waals surface area contributed by atoms with E-state index < -0.39 is 0 Å². The molecule has 1 heterocycles. The van der Waals surface area contributed by atoms with Crippen LogP contribution >= 0.6 is 0 Å². The molecule has 3 rings (SSSR count). The number of hydrogen-bond donors (Lipinski definition) is 0. The summed E-state index contributed by atoms with van der Waals surface area (Å²) in [5.41, 5.74) is 1.59. The summed E-state index contributed by atoms with van der Waals surface area (Å²) < 4.78 is 11.0. The first-order valence-corrected chi connectivity index (χ1v) is 7.71. The molecule has 0 amide bonds. The number of benzene rings is 2. The average Bonchev–Trinajstić information content (AvgIpc) is 2.53. The van der Waals surface area contributed by atoms with Crippen LogP contribution in [0.1, 0.15) is 32.6 Å². The molecular formula is C18H17NO4. The quantitative estimate of drug-likeness (QED) is 0.310. The van der Waals surface area contributed by atoms with Gasteiger partial charge < -0.3 is 9.15 Å². The molecule has 0 atom stereocenters. The zero-order valence-corrected chi connectivity index (χ0v) is 12.9. The minimum absolute atomic E-state index is 0.138. The fourth-order valence-corrected chi connectivity index (χ4v) is 2.35. The number of nitrogens with zero attached hydrogens (tertiary/aromatic N) is 1. The average molecular weight is 311 g/mol. The molecule has 0 unspecified atom stereocenters. The van der Waals surface area contributed by atoms with Gasteiger partial charge in [0.15, 0.2) is 16.8 Å². The van der Waals surface area contributed by atoms with E-state index in [2.05, 4.69) is 11.9 Å². The minimum Gasteiger partial charge on any atom is -0.453 e. The van der Waals surface area contributed by atoms with Gasteiger partial charge in [0.05, 0.1) is 0 Å². The zero-order valence-electron chi connectivity index (χ0n) is 12.9. The highest BCUT2D eigenvalue weighted by Gasteiger charge is 2.11. The van der Waals surface area contributed by atoms with E-state index in [1.807, 2.05) is 0 Å². The molecule has 0 spiro atoms. The summed E-state index contributed by atoms with van der Waals surface area (Å²) in [5.74, 6) is 0.576. The summed E-state index contributed by atoms with van der Waals surface area (Å²) in [4.78, 5) is 27.6. The summed E-state index contributed by atoms with van der Waals surface area (Å²) in [6, 6.07) is 9.52. The van der Waals surface area contributed by atoms with Crippen molar-refractivity contribution in [2.75, 3.05) is 0 Å². The predicted molar refractivity (Wildman–Crippen MR) is 86.7 cm³/mol. The summed E-state index contributed by atoms with van der Waals surface area (Å²) >= 11 is 0. The largest absolute Gasteiger partial charge is 0.453 e. The molecule has 1 aromatic rings. The Balaban J connectivity index is 1.86. The molecule has 23 heavy (non-hydrogen) atoms. The van der Waals surface area contributed by atoms with Crippen molar-refractivity contribution in [1.29, 1.82) is 0 Å². The van der Waals surface area contributed by atoms with Crippen molar-refractivity contribution in [3.63, 3.8) is 0 Å². The second-order valence-corrected chi connectivity index (χ2v) is 5.40. The van der Waals surface area contributed by atoms with Crippen molar-refractivity contribution in [2.45, 2.75) is 32.6 Å². The molecule has 0 fully saturated rings. The molecule has 1 aliphatic carbocycles. The SMILES string of the molecule is CCCCCC(=O)Oc1ccc2nc3ccc(=O)cc-3oc2c1. The third-order valence-electron chi connectivity index (χ3n) is 3.54. The van der Waals surface area contributed by atoms with Crippen molar-refractivity contribution >= 4 is 17.1 Å². The van der Waals surface area contributed by atoms with Crippen molar-refractivity contribution in [3.05, 3.63) is 46.6 Å². The van der Waals surface area contributed by atoms with Gasteiger partial charge in [-0.25, -0.2) is 4.98 Å². The van der Waals surface area contributed by atoms with Crippen LogP contribution in [0, 0.1) is 0 Å². The highest BCUT2D eigenvalue weighted by molar-refractivity contribution is 5.79. The lowest BCUT2D eigenvalue weighted by Crippen LogP contribution is -2.07. The first kappa shape index (κ1) is 15.2. The van der Waals surface area contributed by atoms with Gasteiger partial charge in [-0.2, -0.15) is 0 Å². The van der Waals surface area contributed by atoms with Gasteiger partial charge >= 0.3 is 5.97 Å². The van der Waals surface area contributed by atoms with E-state index in [9.17, 15) is 9.59 Å². The van der Waals surface area contributed by atoms with E-state index in [1.165, 1.54) is 12.1 Å². The Labute approximate surface area is 133 Å². The molecule has 0 saturated heterocycles. The molecule has 1 aliphatic heterocycles. The lowest BCUT2D eigenvalue weighted by Gasteiger charge is -2.08. The van der Waals surface area contributed by atoms with Crippen LogP contribution in [0.5, 0.6) is 5.75 Å². The van der Waals surface area contributed by atoms with Gasteiger partial charge in [0.25, 0.3) is 0 Å². The van der Waals surface area contributed by atoms with E-state index in [1.54, 1.807) is 24.3 Å². The fraction of sp³-hybridized carbons (Fsp3) is 0.278. The number of esters is 1. The van der Waals surface area contributed by atoms with Crippen LogP contribution in [0.4, 0.5) is 0 Å². The van der Waals surface area contributed by atoms with Gasteiger partial charge in [0.1, 0.15) is 17.0 Å². The maximum Gasteiger partial charge on any atom is 0.311 e. The van der Waals surface area contributed by atoms with Crippen molar-refractivity contribution in [1.82, 2.24) is 4.98 Å². The normalized spacial score (nSPS) is 11.0. The van der Waals surface area contributed by atoms with E-state index in [-0.39, 0.29) is 11.4 Å². The van der Waals surface area contributed by atoms with Gasteiger partial charge in [-0.15, -0.1) is 0 Å². The Morgan fingerprint density at radius 3 is 2.87 bits per heavy atom. The Morgan fingerprint density at radius 2 is 2.04 bits per heavy atom. The Morgan fingerprint density at radius 1 is 1.17 bits per heavy atom. The number of aromatic nitrogens is 1. The molecule has 0 bridgehead atoms. The van der Waals surface area contributed by atoms with Crippen molar-refractivity contribution in [2.24, 2.45) is 0 Å². The number of rotatable bonds is 5. The summed E-state index contributed by atoms with van der Waals surface area (Å²) in [6.45, 7) is 2.08. The van der Waals surface area contributed by atoms with Crippen LogP contribution in [0.15, 0.2) is 45.6 Å². The van der Waals surface area contributed by atoms with Gasteiger partial charge in [0, 0.05) is 18.6 Å². The van der Waals surface area contributed by atoms with E-state index >= 15 is 0 Å². The zero-order chi connectivity index (χ0) is 16.2. The third-order valence-corrected chi connectivity index (χ3v) is 3.54. The Kier molecular flexibility index (Phi) is 4.37. The van der Waals surface area contributed by atoms with Gasteiger partial charge in [0.2, 0.25) is 0 Å². The Hall–Kier alpha value is -2.69. The highest BCUT2D eigenvalue weighted by Crippen LogP contribution is 2.26. The minimum atomic E-state index is -0.256. The van der Waals surface area contributed by atoms with Crippen LogP contribution < -0.4 is 10.2 Å². The number of fused-ring (bicyclic) bond motifs is 2. The third kappa shape index (κ3) is 3.56. The smallest absolute Gasteiger partial charge is 0.311 e. The van der Waals surface area contributed by atoms with Gasteiger partial charge in [-0.1, -0.05) is 19.8 Å². The highest BCUT2D eigenvalue weighted by atomic mass is 16.5. The van der Waals surface area contributed by atoms with Crippen LogP contribution in [0.2, 0.25) is 0 Å². The van der Waals surface area contributed by atoms with Gasteiger partial charge in [-0.05, 0) is 30.7 Å². The fourth-order valence-electron chi connectivity index (χ4n) is 2.35. The number of carbonyl (C=O) groups excluding carboxylic acids is 1. The predicted octanol–water partition coefficient (Wildman–Crippen LogP) is 3.78. The molecule has 5 heteroatoms. The molecule has 0 saturated carbocycles. The first-order valence-electron chi connectivity index (χ1n) is 7.71. The lowest BCUT2D eigenvalue weighted by atomic mass is 10.2. The van der Waals surface area contributed by atoms with Crippen LogP contribution in [-0.2, 0) is 4.79 Å². The maximum atomic E-state index is 11.8. The molecule has 118 valence electrons. The summed E-state index contributed by atoms with van der Waals surface area (Å²) in [5, 5.41) is 0.